The van der Waals surface area contributed by atoms with Crippen LogP contribution < -0.4 is 10.1 Å². The van der Waals surface area contributed by atoms with Gasteiger partial charge in [-0.3, -0.25) is 4.79 Å². The van der Waals surface area contributed by atoms with Crippen LogP contribution in [0, 0.1) is 0 Å². The Morgan fingerprint density at radius 2 is 1.69 bits per heavy atom. The molecule has 10 heteroatoms. The third-order valence-corrected chi connectivity index (χ3v) is 8.13. The van der Waals surface area contributed by atoms with Gasteiger partial charge in [-0.2, -0.15) is 0 Å². The molecule has 0 unspecified atom stereocenters. The summed E-state index contributed by atoms with van der Waals surface area (Å²) in [6.07, 6.45) is -4.58. The van der Waals surface area contributed by atoms with Crippen molar-refractivity contribution in [2.45, 2.75) is 51.0 Å². The van der Waals surface area contributed by atoms with E-state index in [1.54, 1.807) is 43.3 Å². The first-order chi connectivity index (χ1) is 18.4. The van der Waals surface area contributed by atoms with Crippen molar-refractivity contribution >= 4 is 26.6 Å². The van der Waals surface area contributed by atoms with E-state index in [1.165, 1.54) is 24.3 Å². The highest BCUT2D eigenvalue weighted by Gasteiger charge is 2.32. The number of nitrogens with one attached hydrogen (secondary N) is 1. The van der Waals surface area contributed by atoms with Crippen molar-refractivity contribution in [1.82, 2.24) is 9.88 Å². The Hall–Kier alpha value is -3.79. The van der Waals surface area contributed by atoms with E-state index in [0.717, 1.165) is 22.2 Å². The molecule has 0 saturated carbocycles. The maximum atomic E-state index is 12.9. The molecule has 0 atom stereocenters. The number of sulfone groups is 1. The van der Waals surface area contributed by atoms with Gasteiger partial charge in [-0.15, -0.1) is 13.2 Å². The molecule has 0 aliphatic carbocycles. The van der Waals surface area contributed by atoms with E-state index in [-0.39, 0.29) is 41.3 Å². The van der Waals surface area contributed by atoms with E-state index < -0.39 is 16.2 Å². The summed E-state index contributed by atoms with van der Waals surface area (Å²) in [4.78, 5) is 13.1. The summed E-state index contributed by atoms with van der Waals surface area (Å²) >= 11 is 0. The van der Waals surface area contributed by atoms with Crippen LogP contribution in [0.1, 0.15) is 54.0 Å². The van der Waals surface area contributed by atoms with Crippen molar-refractivity contribution in [1.29, 1.82) is 0 Å². The lowest BCUT2D eigenvalue weighted by Crippen LogP contribution is -2.22. The van der Waals surface area contributed by atoms with Crippen LogP contribution in [-0.4, -0.2) is 31.0 Å². The van der Waals surface area contributed by atoms with E-state index in [2.05, 4.69) is 10.1 Å². The fourth-order valence-corrected chi connectivity index (χ4v) is 5.40. The second-order valence-corrected chi connectivity index (χ2v) is 11.7. The van der Waals surface area contributed by atoms with Crippen molar-refractivity contribution < 1.29 is 31.1 Å². The maximum Gasteiger partial charge on any atom is 0.573 e. The van der Waals surface area contributed by atoms with Gasteiger partial charge in [0.15, 0.2) is 9.84 Å². The van der Waals surface area contributed by atoms with Crippen LogP contribution in [0.25, 0.3) is 10.9 Å². The number of rotatable bonds is 9. The fourth-order valence-electron chi connectivity index (χ4n) is 4.52. The molecule has 1 N–H and O–H groups in total. The molecular formula is C29H29F3N2O4S. The largest absolute Gasteiger partial charge is 0.573 e. The predicted molar refractivity (Wildman–Crippen MR) is 144 cm³/mol. The molecule has 0 aliphatic heterocycles. The Kier molecular flexibility index (Phi) is 8.06. The lowest BCUT2D eigenvalue weighted by molar-refractivity contribution is -0.274. The second-order valence-electron chi connectivity index (χ2n) is 9.44. The summed E-state index contributed by atoms with van der Waals surface area (Å²) in [6, 6.07) is 19.6. The zero-order chi connectivity index (χ0) is 28.4. The van der Waals surface area contributed by atoms with Crippen molar-refractivity contribution in [3.8, 4) is 5.75 Å². The number of fused-ring (bicyclic) bond motifs is 1. The SMILES string of the molecule is CCS(=O)(=O)c1ccc(CNC(=O)c2ccc3c(c2)cc(Cc2ccccc2OC(F)(F)F)n3C(C)C)cc1. The van der Waals surface area contributed by atoms with Crippen LogP contribution in [0.5, 0.6) is 5.75 Å². The van der Waals surface area contributed by atoms with E-state index in [9.17, 15) is 26.4 Å². The molecule has 1 amide bonds. The summed E-state index contributed by atoms with van der Waals surface area (Å²) < 4.78 is 69.0. The van der Waals surface area contributed by atoms with E-state index in [0.29, 0.717) is 11.1 Å². The minimum absolute atomic E-state index is 0.0135. The normalized spacial score (nSPS) is 12.2. The first-order valence-corrected chi connectivity index (χ1v) is 14.1. The number of para-hydroxylation sites is 1. The molecular weight excluding hydrogens is 529 g/mol. The summed E-state index contributed by atoms with van der Waals surface area (Å²) in [5, 5.41) is 3.63. The minimum Gasteiger partial charge on any atom is -0.405 e. The molecule has 0 aliphatic rings. The fraction of sp³-hybridized carbons (Fsp3) is 0.276. The van der Waals surface area contributed by atoms with Crippen LogP contribution in [0.15, 0.2) is 77.7 Å². The molecule has 0 spiro atoms. The van der Waals surface area contributed by atoms with Crippen LogP contribution in [-0.2, 0) is 22.8 Å². The van der Waals surface area contributed by atoms with Crippen molar-refractivity contribution in [2.75, 3.05) is 5.75 Å². The van der Waals surface area contributed by atoms with Gasteiger partial charge in [0.25, 0.3) is 5.91 Å². The number of hydrogen-bond donors (Lipinski definition) is 1. The predicted octanol–water partition coefficient (Wildman–Crippen LogP) is 6.44. The first kappa shape index (κ1) is 28.2. The lowest BCUT2D eigenvalue weighted by atomic mass is 10.1. The van der Waals surface area contributed by atoms with Gasteiger partial charge >= 0.3 is 6.36 Å². The summed E-state index contributed by atoms with van der Waals surface area (Å²) in [5.41, 5.74) is 3.24. The highest BCUT2D eigenvalue weighted by molar-refractivity contribution is 7.91. The number of halogens is 3. The van der Waals surface area contributed by atoms with Crippen molar-refractivity contribution in [3.05, 3.63) is 95.2 Å². The number of amides is 1. The van der Waals surface area contributed by atoms with Crippen LogP contribution in [0.4, 0.5) is 13.2 Å². The molecule has 0 radical (unpaired) electrons. The third-order valence-electron chi connectivity index (χ3n) is 6.38. The molecule has 0 bridgehead atoms. The van der Waals surface area contributed by atoms with Gasteiger partial charge in [0.1, 0.15) is 5.75 Å². The maximum absolute atomic E-state index is 12.9. The van der Waals surface area contributed by atoms with Gasteiger partial charge in [-0.1, -0.05) is 37.3 Å². The zero-order valence-electron chi connectivity index (χ0n) is 21.7. The highest BCUT2D eigenvalue weighted by Crippen LogP contribution is 2.31. The topological polar surface area (TPSA) is 77.4 Å². The lowest BCUT2D eigenvalue weighted by Gasteiger charge is -2.17. The molecule has 4 rings (SSSR count). The number of carbonyl (C=O) groups is 1. The molecule has 0 saturated heterocycles. The van der Waals surface area contributed by atoms with Crippen molar-refractivity contribution in [3.63, 3.8) is 0 Å². The molecule has 39 heavy (non-hydrogen) atoms. The smallest absolute Gasteiger partial charge is 0.405 e. The zero-order valence-corrected chi connectivity index (χ0v) is 22.6. The Bertz CT molecular complexity index is 1590. The molecule has 206 valence electrons. The Morgan fingerprint density at radius 1 is 1.00 bits per heavy atom. The van der Waals surface area contributed by atoms with Gasteiger partial charge in [-0.25, -0.2) is 8.42 Å². The number of hydrogen-bond acceptors (Lipinski definition) is 4. The monoisotopic (exact) mass is 558 g/mol. The molecule has 4 aromatic rings. The number of carbonyl (C=O) groups excluding carboxylic acids is 1. The first-order valence-electron chi connectivity index (χ1n) is 12.5. The number of ether oxygens (including phenoxy) is 1. The standard InChI is InChI=1S/C29H29F3N2O4S/c1-4-39(36,37)25-12-9-20(10-13-25)18-33-28(35)22-11-14-26-23(15-22)17-24(34(26)19(2)3)16-21-7-5-6-8-27(21)38-29(30,31)32/h5-15,17,19H,4,16,18H2,1-3H3,(H,33,35). The second kappa shape index (κ2) is 11.1. The number of aromatic nitrogens is 1. The summed E-state index contributed by atoms with van der Waals surface area (Å²) in [7, 11) is -3.29. The van der Waals surface area contributed by atoms with Gasteiger partial charge in [-0.05, 0) is 61.9 Å². The summed E-state index contributed by atoms with van der Waals surface area (Å²) in [6.45, 7) is 5.77. The molecule has 0 fully saturated rings. The van der Waals surface area contributed by atoms with Crippen LogP contribution in [0.2, 0.25) is 0 Å². The van der Waals surface area contributed by atoms with Crippen LogP contribution >= 0.6 is 0 Å². The Balaban J connectivity index is 1.56. The van der Waals surface area contributed by atoms with Gasteiger partial charge in [0.05, 0.1) is 10.6 Å². The third kappa shape index (κ3) is 6.62. The van der Waals surface area contributed by atoms with Gasteiger partial charge in [0.2, 0.25) is 0 Å². The minimum atomic E-state index is -4.79. The Morgan fingerprint density at radius 3 is 2.33 bits per heavy atom. The van der Waals surface area contributed by atoms with Crippen LogP contribution in [0.3, 0.4) is 0 Å². The number of alkyl halides is 3. The molecule has 1 heterocycles. The average molecular weight is 559 g/mol. The Labute approximate surface area is 225 Å². The van der Waals surface area contributed by atoms with E-state index in [1.807, 2.05) is 30.5 Å². The number of nitrogens with zero attached hydrogens (tertiary/aromatic N) is 1. The summed E-state index contributed by atoms with van der Waals surface area (Å²) in [5.74, 6) is -0.532. The van der Waals surface area contributed by atoms with Gasteiger partial charge in [0, 0.05) is 46.7 Å². The van der Waals surface area contributed by atoms with Crippen molar-refractivity contribution in [2.24, 2.45) is 0 Å². The average Bonchev–Trinajstić information content (AvgIpc) is 3.25. The molecule has 1 aromatic heterocycles. The quantitative estimate of drug-likeness (QED) is 0.257. The molecule has 3 aromatic carbocycles. The van der Waals surface area contributed by atoms with E-state index >= 15 is 0 Å². The number of benzene rings is 3. The van der Waals surface area contributed by atoms with E-state index in [4.69, 9.17) is 0 Å². The highest BCUT2D eigenvalue weighted by atomic mass is 32.2. The van der Waals surface area contributed by atoms with Gasteiger partial charge < -0.3 is 14.6 Å². The molecule has 6 nitrogen and oxygen atoms in total.